The van der Waals surface area contributed by atoms with E-state index in [1.807, 2.05) is 38.2 Å². The highest BCUT2D eigenvalue weighted by atomic mass is 32.2. The van der Waals surface area contributed by atoms with Crippen LogP contribution in [0.5, 0.6) is 0 Å². The minimum atomic E-state index is 0.393. The van der Waals surface area contributed by atoms with Crippen molar-refractivity contribution in [3.8, 4) is 0 Å². The van der Waals surface area contributed by atoms with Crippen LogP contribution in [0.2, 0.25) is 0 Å². The maximum absolute atomic E-state index is 4.80. The van der Waals surface area contributed by atoms with Crippen LogP contribution in [0.1, 0.15) is 56.5 Å². The van der Waals surface area contributed by atoms with E-state index < -0.39 is 0 Å². The van der Waals surface area contributed by atoms with Gasteiger partial charge >= 0.3 is 0 Å². The maximum atomic E-state index is 4.80. The molecular formula is C23H32N6S. The molecule has 6 nitrogen and oxygen atoms in total. The molecule has 0 amide bonds. The van der Waals surface area contributed by atoms with Crippen molar-refractivity contribution in [3.05, 3.63) is 47.8 Å². The van der Waals surface area contributed by atoms with Crippen LogP contribution in [-0.4, -0.2) is 49.6 Å². The van der Waals surface area contributed by atoms with Crippen molar-refractivity contribution in [2.75, 3.05) is 24.2 Å². The zero-order valence-electron chi connectivity index (χ0n) is 18.4. The third-order valence-corrected chi connectivity index (χ3v) is 7.04. The van der Waals surface area contributed by atoms with Gasteiger partial charge in [0.15, 0.2) is 0 Å². The summed E-state index contributed by atoms with van der Waals surface area (Å²) in [6, 6.07) is 4.65. The Morgan fingerprint density at radius 2 is 2.03 bits per heavy atom. The lowest BCUT2D eigenvalue weighted by Gasteiger charge is -2.38. The summed E-state index contributed by atoms with van der Waals surface area (Å²) in [6.07, 6.45) is 11.2. The SMILES string of the molecule is CC.CSN1CCCC(c2ncnc3c2CN(c2ccnc4[nH]ccc24)C(C)C3)C1. The molecule has 2 aliphatic heterocycles. The van der Waals surface area contributed by atoms with Crippen LogP contribution < -0.4 is 4.90 Å². The highest BCUT2D eigenvalue weighted by molar-refractivity contribution is 7.96. The van der Waals surface area contributed by atoms with E-state index in [1.165, 1.54) is 47.4 Å². The average Bonchev–Trinajstić information content (AvgIpc) is 3.29. The monoisotopic (exact) mass is 424 g/mol. The largest absolute Gasteiger partial charge is 0.363 e. The fraction of sp³-hybridized carbons (Fsp3) is 0.522. The van der Waals surface area contributed by atoms with Crippen LogP contribution in [0.4, 0.5) is 5.69 Å². The van der Waals surface area contributed by atoms with Crippen molar-refractivity contribution >= 4 is 28.7 Å². The number of aromatic amines is 1. The van der Waals surface area contributed by atoms with Crippen LogP contribution in [0.15, 0.2) is 30.9 Å². The number of rotatable bonds is 3. The third kappa shape index (κ3) is 3.93. The zero-order valence-corrected chi connectivity index (χ0v) is 19.2. The van der Waals surface area contributed by atoms with Gasteiger partial charge in [0.05, 0.1) is 11.4 Å². The van der Waals surface area contributed by atoms with Gasteiger partial charge in [-0.1, -0.05) is 25.8 Å². The molecule has 5 rings (SSSR count). The second-order valence-electron chi connectivity index (χ2n) is 7.84. The van der Waals surface area contributed by atoms with Gasteiger partial charge in [-0.15, -0.1) is 0 Å². The minimum Gasteiger partial charge on any atom is -0.363 e. The van der Waals surface area contributed by atoms with Crippen molar-refractivity contribution < 1.29 is 0 Å². The smallest absolute Gasteiger partial charge is 0.139 e. The number of H-pyrrole nitrogens is 1. The second kappa shape index (κ2) is 9.35. The summed E-state index contributed by atoms with van der Waals surface area (Å²) in [7, 11) is 0. The van der Waals surface area contributed by atoms with Crippen LogP contribution >= 0.6 is 11.9 Å². The first-order valence-corrected chi connectivity index (χ1v) is 12.2. The number of fused-ring (bicyclic) bond motifs is 2. The number of pyridine rings is 1. The van der Waals surface area contributed by atoms with Gasteiger partial charge in [0, 0.05) is 67.0 Å². The molecule has 2 aliphatic rings. The van der Waals surface area contributed by atoms with E-state index in [-0.39, 0.29) is 0 Å². The van der Waals surface area contributed by atoms with Gasteiger partial charge in [-0.05, 0) is 38.2 Å². The Labute approximate surface area is 183 Å². The molecule has 0 radical (unpaired) electrons. The minimum absolute atomic E-state index is 0.393. The Hall–Kier alpha value is -2.12. The van der Waals surface area contributed by atoms with Crippen LogP contribution in [-0.2, 0) is 13.0 Å². The van der Waals surface area contributed by atoms with Crippen molar-refractivity contribution in [1.29, 1.82) is 0 Å². The van der Waals surface area contributed by atoms with Gasteiger partial charge in [-0.3, -0.25) is 4.31 Å². The lowest BCUT2D eigenvalue weighted by atomic mass is 9.88. The Bertz CT molecular complexity index is 987. The van der Waals surface area contributed by atoms with E-state index in [9.17, 15) is 0 Å². The molecular weight excluding hydrogens is 392 g/mol. The lowest BCUT2D eigenvalue weighted by Crippen LogP contribution is -2.40. The van der Waals surface area contributed by atoms with E-state index in [4.69, 9.17) is 4.98 Å². The molecule has 3 aromatic heterocycles. The van der Waals surface area contributed by atoms with Crippen LogP contribution in [0.25, 0.3) is 11.0 Å². The molecule has 2 atom stereocenters. The first-order valence-electron chi connectivity index (χ1n) is 11.0. The summed E-state index contributed by atoms with van der Waals surface area (Å²) < 4.78 is 2.47. The Kier molecular flexibility index (Phi) is 6.58. The first kappa shape index (κ1) is 21.1. The molecule has 0 aromatic carbocycles. The molecule has 0 saturated carbocycles. The van der Waals surface area contributed by atoms with Crippen molar-refractivity contribution in [1.82, 2.24) is 24.2 Å². The van der Waals surface area contributed by atoms with E-state index in [1.54, 1.807) is 6.33 Å². The van der Waals surface area contributed by atoms with Gasteiger partial charge in [-0.25, -0.2) is 15.0 Å². The van der Waals surface area contributed by atoms with Crippen molar-refractivity contribution in [2.24, 2.45) is 0 Å². The molecule has 160 valence electrons. The van der Waals surface area contributed by atoms with Crippen molar-refractivity contribution in [3.63, 3.8) is 0 Å². The summed E-state index contributed by atoms with van der Waals surface area (Å²) in [5.74, 6) is 0.498. The summed E-state index contributed by atoms with van der Waals surface area (Å²) >= 11 is 1.85. The summed E-state index contributed by atoms with van der Waals surface area (Å²) in [4.78, 5) is 19.7. The fourth-order valence-electron chi connectivity index (χ4n) is 4.73. The number of piperidine rings is 1. The Morgan fingerprint density at radius 1 is 1.17 bits per heavy atom. The lowest BCUT2D eigenvalue weighted by molar-refractivity contribution is 0.337. The number of aromatic nitrogens is 4. The van der Waals surface area contributed by atoms with E-state index in [2.05, 4.69) is 49.5 Å². The molecule has 0 aliphatic carbocycles. The zero-order chi connectivity index (χ0) is 21.1. The van der Waals surface area contributed by atoms with E-state index >= 15 is 0 Å². The van der Waals surface area contributed by atoms with E-state index in [0.717, 1.165) is 25.2 Å². The first-order chi connectivity index (χ1) is 14.7. The van der Waals surface area contributed by atoms with Gasteiger partial charge in [-0.2, -0.15) is 0 Å². The number of nitrogens with one attached hydrogen (secondary N) is 1. The highest BCUT2D eigenvalue weighted by Crippen LogP contribution is 2.36. The molecule has 3 aromatic rings. The standard InChI is InChI=1S/C21H26N6S.C2H6/c1-14-10-18-17(12-27(14)19-6-8-23-21-16(19)5-7-22-21)20(25-13-24-18)15-4-3-9-26(11-15)28-2;1-2/h5-8,13-15H,3-4,9-12H2,1-2H3,(H,22,23);1-2H3. The second-order valence-corrected chi connectivity index (χ2v) is 8.73. The van der Waals surface area contributed by atoms with Crippen LogP contribution in [0, 0.1) is 0 Å². The number of nitrogens with zero attached hydrogens (tertiary/aromatic N) is 5. The fourth-order valence-corrected chi connectivity index (χ4v) is 5.37. The molecule has 1 saturated heterocycles. The summed E-state index contributed by atoms with van der Waals surface area (Å²) in [5.41, 5.74) is 6.03. The number of hydrogen-bond acceptors (Lipinski definition) is 6. The quantitative estimate of drug-likeness (QED) is 0.610. The predicted molar refractivity (Wildman–Crippen MR) is 126 cm³/mol. The van der Waals surface area contributed by atoms with Gasteiger partial charge in [0.2, 0.25) is 0 Å². The molecule has 1 N–H and O–H groups in total. The number of hydrogen-bond donors (Lipinski definition) is 1. The molecule has 7 heteroatoms. The third-order valence-electron chi connectivity index (χ3n) is 6.19. The maximum Gasteiger partial charge on any atom is 0.139 e. The van der Waals surface area contributed by atoms with Gasteiger partial charge in [0.1, 0.15) is 12.0 Å². The molecule has 0 spiro atoms. The highest BCUT2D eigenvalue weighted by Gasteiger charge is 2.31. The van der Waals surface area contributed by atoms with Crippen LogP contribution in [0.3, 0.4) is 0 Å². The molecule has 5 heterocycles. The van der Waals surface area contributed by atoms with E-state index in [0.29, 0.717) is 12.0 Å². The molecule has 1 fully saturated rings. The number of anilines is 1. The van der Waals surface area contributed by atoms with Gasteiger partial charge in [0.25, 0.3) is 0 Å². The molecule has 0 bridgehead atoms. The normalized spacial score (nSPS) is 21.8. The average molecular weight is 425 g/mol. The van der Waals surface area contributed by atoms with Crippen molar-refractivity contribution in [2.45, 2.75) is 58.5 Å². The Morgan fingerprint density at radius 3 is 2.87 bits per heavy atom. The predicted octanol–water partition coefficient (Wildman–Crippen LogP) is 4.79. The summed E-state index contributed by atoms with van der Waals surface area (Å²) in [6.45, 7) is 9.42. The topological polar surface area (TPSA) is 60.9 Å². The molecule has 2 unspecified atom stereocenters. The van der Waals surface area contributed by atoms with Gasteiger partial charge < -0.3 is 9.88 Å². The Balaban J connectivity index is 0.00000106. The molecule has 30 heavy (non-hydrogen) atoms. The summed E-state index contributed by atoms with van der Waals surface area (Å²) in [5, 5.41) is 1.18.